The zero-order valence-corrected chi connectivity index (χ0v) is 17.0. The fourth-order valence-corrected chi connectivity index (χ4v) is 4.21. The normalized spacial score (nSPS) is 15.3. The van der Waals surface area contributed by atoms with Crippen LogP contribution in [0.5, 0.6) is 11.5 Å². The molecule has 0 aliphatic carbocycles. The molecule has 4 rings (SSSR count). The number of carbonyl (C=O) groups excluding carboxylic acids is 1. The Morgan fingerprint density at radius 2 is 2.14 bits per heavy atom. The van der Waals surface area contributed by atoms with Crippen LogP contribution in [0.15, 0.2) is 30.6 Å². The minimum Gasteiger partial charge on any atom is -0.486 e. The minimum absolute atomic E-state index is 0.130. The molecule has 29 heavy (non-hydrogen) atoms. The Labute approximate surface area is 172 Å². The highest BCUT2D eigenvalue weighted by atomic mass is 32.1. The number of carbonyl (C=O) groups is 1. The molecular weight excluding hydrogens is 392 g/mol. The highest BCUT2D eigenvalue weighted by Gasteiger charge is 2.22. The Morgan fingerprint density at radius 1 is 1.31 bits per heavy atom. The van der Waals surface area contributed by atoms with Gasteiger partial charge in [-0.1, -0.05) is 12.1 Å². The van der Waals surface area contributed by atoms with Gasteiger partial charge < -0.3 is 24.8 Å². The third-order valence-electron chi connectivity index (χ3n) is 4.59. The summed E-state index contributed by atoms with van der Waals surface area (Å²) in [6.07, 6.45) is 1.35. The Morgan fingerprint density at radius 3 is 2.97 bits per heavy atom. The zero-order valence-electron chi connectivity index (χ0n) is 16.2. The van der Waals surface area contributed by atoms with Crippen molar-refractivity contribution in [3.8, 4) is 11.5 Å². The Bertz CT molecular complexity index is 1020. The third kappa shape index (κ3) is 4.10. The molecule has 1 atom stereocenters. The average molecular weight is 414 g/mol. The van der Waals surface area contributed by atoms with Gasteiger partial charge in [0.25, 0.3) is 5.91 Å². The fraction of sp³-hybridized carbons (Fsp3) is 0.350. The van der Waals surface area contributed by atoms with E-state index in [0.717, 1.165) is 27.3 Å². The standard InChI is InChI=1S/C20H22N4O4S/c1-12-16-18(22-9-13-10-27-14-5-3-4-6-15(14)28-13)23-11-24-20(16)29-17(12)19(25)21-7-8-26-2/h3-6,11,13H,7-10H2,1-2H3,(H,21,25)(H,22,23,24)/t13-/m0/s1. The molecule has 0 spiro atoms. The van der Waals surface area contributed by atoms with Gasteiger partial charge in [0.1, 0.15) is 29.7 Å². The lowest BCUT2D eigenvalue weighted by Crippen LogP contribution is -2.35. The molecule has 0 unspecified atom stereocenters. The van der Waals surface area contributed by atoms with Crippen LogP contribution in [0.1, 0.15) is 15.2 Å². The molecular formula is C20H22N4O4S. The average Bonchev–Trinajstić information content (AvgIpc) is 3.09. The summed E-state index contributed by atoms with van der Waals surface area (Å²) in [6.45, 7) is 3.81. The summed E-state index contributed by atoms with van der Waals surface area (Å²) in [7, 11) is 1.60. The van der Waals surface area contributed by atoms with E-state index in [1.807, 2.05) is 31.2 Å². The van der Waals surface area contributed by atoms with Gasteiger partial charge in [-0.3, -0.25) is 4.79 Å². The van der Waals surface area contributed by atoms with Crippen LogP contribution < -0.4 is 20.1 Å². The maximum absolute atomic E-state index is 12.5. The van der Waals surface area contributed by atoms with Gasteiger partial charge in [0.2, 0.25) is 0 Å². The SMILES string of the molecule is COCCNC(=O)c1sc2ncnc(NC[C@H]3COc4ccccc4O3)c2c1C. The number of aromatic nitrogens is 2. The molecule has 3 aromatic rings. The molecule has 9 heteroatoms. The maximum Gasteiger partial charge on any atom is 0.261 e. The lowest BCUT2D eigenvalue weighted by Gasteiger charge is -2.26. The molecule has 0 radical (unpaired) electrons. The van der Waals surface area contributed by atoms with Gasteiger partial charge in [-0.25, -0.2) is 9.97 Å². The van der Waals surface area contributed by atoms with E-state index in [0.29, 0.717) is 37.0 Å². The summed E-state index contributed by atoms with van der Waals surface area (Å²) >= 11 is 1.36. The molecule has 1 amide bonds. The number of ether oxygens (including phenoxy) is 3. The second kappa shape index (κ2) is 8.62. The van der Waals surface area contributed by atoms with E-state index in [4.69, 9.17) is 14.2 Å². The van der Waals surface area contributed by atoms with E-state index < -0.39 is 0 Å². The number of nitrogens with zero attached hydrogens (tertiary/aromatic N) is 2. The first kappa shape index (κ1) is 19.4. The summed E-state index contributed by atoms with van der Waals surface area (Å²) in [4.78, 5) is 22.6. The highest BCUT2D eigenvalue weighted by Crippen LogP contribution is 2.34. The van der Waals surface area contributed by atoms with Crippen LogP contribution >= 0.6 is 11.3 Å². The van der Waals surface area contributed by atoms with Crippen LogP contribution in [-0.2, 0) is 4.74 Å². The van der Waals surface area contributed by atoms with Gasteiger partial charge in [0, 0.05) is 13.7 Å². The first-order valence-corrected chi connectivity index (χ1v) is 10.1. The summed E-state index contributed by atoms with van der Waals surface area (Å²) in [5, 5.41) is 7.04. The molecule has 0 bridgehead atoms. The van der Waals surface area contributed by atoms with Crippen molar-refractivity contribution in [1.29, 1.82) is 0 Å². The third-order valence-corrected chi connectivity index (χ3v) is 5.79. The zero-order chi connectivity index (χ0) is 20.2. The maximum atomic E-state index is 12.5. The number of aryl methyl sites for hydroxylation is 1. The van der Waals surface area contributed by atoms with Crippen molar-refractivity contribution in [3.63, 3.8) is 0 Å². The van der Waals surface area contributed by atoms with Gasteiger partial charge in [0.15, 0.2) is 11.5 Å². The molecule has 0 saturated heterocycles. The van der Waals surface area contributed by atoms with Gasteiger partial charge >= 0.3 is 0 Å². The predicted octanol–water partition coefficient (Wildman–Crippen LogP) is 2.63. The monoisotopic (exact) mass is 414 g/mol. The fourth-order valence-electron chi connectivity index (χ4n) is 3.14. The van der Waals surface area contributed by atoms with Gasteiger partial charge in [-0.15, -0.1) is 11.3 Å². The molecule has 1 aromatic carbocycles. The Kier molecular flexibility index (Phi) is 5.77. The van der Waals surface area contributed by atoms with Crippen molar-refractivity contribution in [2.24, 2.45) is 0 Å². The Hall–Kier alpha value is -2.91. The van der Waals surface area contributed by atoms with Crippen molar-refractivity contribution in [3.05, 3.63) is 41.0 Å². The number of anilines is 1. The van der Waals surface area contributed by atoms with Crippen LogP contribution in [-0.4, -0.2) is 55.4 Å². The molecule has 0 fully saturated rings. The van der Waals surface area contributed by atoms with Crippen molar-refractivity contribution >= 4 is 33.3 Å². The second-order valence-electron chi connectivity index (χ2n) is 6.59. The van der Waals surface area contributed by atoms with Gasteiger partial charge in [0.05, 0.1) is 23.4 Å². The number of hydrogen-bond donors (Lipinski definition) is 2. The van der Waals surface area contributed by atoms with E-state index >= 15 is 0 Å². The van der Waals surface area contributed by atoms with E-state index in [1.54, 1.807) is 7.11 Å². The number of hydrogen-bond acceptors (Lipinski definition) is 8. The van der Waals surface area contributed by atoms with Crippen LogP contribution in [0.25, 0.3) is 10.2 Å². The number of nitrogens with one attached hydrogen (secondary N) is 2. The number of para-hydroxylation sites is 2. The molecule has 152 valence electrons. The summed E-state index contributed by atoms with van der Waals surface area (Å²) < 4.78 is 16.7. The summed E-state index contributed by atoms with van der Waals surface area (Å²) in [5.74, 6) is 2.04. The number of methoxy groups -OCH3 is 1. The van der Waals surface area contributed by atoms with Gasteiger partial charge in [-0.2, -0.15) is 0 Å². The Balaban J connectivity index is 1.49. The first-order chi connectivity index (χ1) is 14.2. The molecule has 2 aromatic heterocycles. The van der Waals surface area contributed by atoms with E-state index in [1.165, 1.54) is 17.7 Å². The molecule has 1 aliphatic rings. The van der Waals surface area contributed by atoms with Crippen LogP contribution in [0.4, 0.5) is 5.82 Å². The quantitative estimate of drug-likeness (QED) is 0.574. The smallest absolute Gasteiger partial charge is 0.261 e. The largest absolute Gasteiger partial charge is 0.486 e. The van der Waals surface area contributed by atoms with Crippen molar-refractivity contribution in [2.75, 3.05) is 38.7 Å². The van der Waals surface area contributed by atoms with Crippen molar-refractivity contribution in [1.82, 2.24) is 15.3 Å². The second-order valence-corrected chi connectivity index (χ2v) is 7.58. The van der Waals surface area contributed by atoms with Crippen molar-refractivity contribution < 1.29 is 19.0 Å². The molecule has 0 saturated carbocycles. The number of amides is 1. The minimum atomic E-state index is -0.148. The highest BCUT2D eigenvalue weighted by molar-refractivity contribution is 7.20. The topological polar surface area (TPSA) is 94.6 Å². The predicted molar refractivity (Wildman–Crippen MR) is 111 cm³/mol. The lowest BCUT2D eigenvalue weighted by atomic mass is 10.2. The summed E-state index contributed by atoms with van der Waals surface area (Å²) in [5.41, 5.74) is 0.856. The number of benzene rings is 1. The van der Waals surface area contributed by atoms with E-state index in [9.17, 15) is 4.79 Å². The van der Waals surface area contributed by atoms with Gasteiger partial charge in [-0.05, 0) is 24.6 Å². The molecule has 3 heterocycles. The number of fused-ring (bicyclic) bond motifs is 2. The number of rotatable bonds is 7. The lowest BCUT2D eigenvalue weighted by molar-refractivity contribution is 0.0940. The molecule has 2 N–H and O–H groups in total. The molecule has 1 aliphatic heterocycles. The number of thiophene rings is 1. The van der Waals surface area contributed by atoms with Crippen LogP contribution in [0, 0.1) is 6.92 Å². The first-order valence-electron chi connectivity index (χ1n) is 9.31. The molecule has 8 nitrogen and oxygen atoms in total. The van der Waals surface area contributed by atoms with Crippen LogP contribution in [0.3, 0.4) is 0 Å². The van der Waals surface area contributed by atoms with E-state index in [2.05, 4.69) is 20.6 Å². The van der Waals surface area contributed by atoms with Crippen molar-refractivity contribution in [2.45, 2.75) is 13.0 Å². The van der Waals surface area contributed by atoms with E-state index in [-0.39, 0.29) is 12.0 Å². The van der Waals surface area contributed by atoms with Crippen LogP contribution in [0.2, 0.25) is 0 Å². The summed E-state index contributed by atoms with van der Waals surface area (Å²) in [6, 6.07) is 7.61.